The average molecular weight is 149 g/mol. The van der Waals surface area contributed by atoms with Crippen LogP contribution in [0.5, 0.6) is 0 Å². The van der Waals surface area contributed by atoms with Gasteiger partial charge in [-0.2, -0.15) is 0 Å². The second kappa shape index (κ2) is 37.8. The average Bonchev–Trinajstić information content (AvgIpc) is 1.00. The maximum absolute atomic E-state index is 7.88. The van der Waals surface area contributed by atoms with Gasteiger partial charge in [-0.25, -0.2) is 0 Å². The van der Waals surface area contributed by atoms with E-state index in [9.17, 15) is 0 Å². The van der Waals surface area contributed by atoms with Crippen molar-refractivity contribution < 1.29 is 76.4 Å². The molecule has 0 rings (SSSR count). The van der Waals surface area contributed by atoms with E-state index in [0.29, 0.717) is 0 Å². The van der Waals surface area contributed by atoms with Crippen molar-refractivity contribution in [1.29, 1.82) is 0 Å². The van der Waals surface area contributed by atoms with Gasteiger partial charge in [0.05, 0.1) is 0 Å². The Labute approximate surface area is 75.8 Å². The second-order valence-electron chi connectivity index (χ2n) is 0. The third-order valence-corrected chi connectivity index (χ3v) is 0. The minimum atomic E-state index is 0. The number of rotatable bonds is 0. The topological polar surface area (TPSA) is 17.1 Å². The molecule has 0 atom stereocenters. The maximum atomic E-state index is 7.88. The standard InChI is InChI=1S/2Li.2Ni.O.2H/q2*+1;;;;2*-1. The van der Waals surface area contributed by atoms with E-state index in [1.807, 2.05) is 0 Å². The van der Waals surface area contributed by atoms with Gasteiger partial charge in [-0.05, 0) is 0 Å². The predicted molar refractivity (Wildman–Crippen MR) is 2.91 cm³/mol. The first kappa shape index (κ1) is 28.1. The molecule has 0 aromatic carbocycles. The Morgan fingerprint density at radius 1 is 1.20 bits per heavy atom. The molecule has 0 fully saturated rings. The molecule has 1 nitrogen and oxygen atoms in total. The van der Waals surface area contributed by atoms with Crippen molar-refractivity contribution >= 4 is 0 Å². The summed E-state index contributed by atoms with van der Waals surface area (Å²) in [5, 5.41) is 0. The number of hydrogen-bond donors (Lipinski definition) is 0. The van der Waals surface area contributed by atoms with E-state index in [1.54, 1.807) is 0 Å². The van der Waals surface area contributed by atoms with Crippen LogP contribution in [0.4, 0.5) is 0 Å². The van der Waals surface area contributed by atoms with Gasteiger partial charge in [0.25, 0.3) is 0 Å². The summed E-state index contributed by atoms with van der Waals surface area (Å²) < 4.78 is 7.88. The van der Waals surface area contributed by atoms with Crippen molar-refractivity contribution in [3.63, 3.8) is 0 Å². The normalized spacial score (nSPS) is 1.20. The molecule has 0 aromatic rings. The summed E-state index contributed by atoms with van der Waals surface area (Å²) in [6.07, 6.45) is 0. The molecule has 0 saturated heterocycles. The quantitative estimate of drug-likeness (QED) is 0.314. The van der Waals surface area contributed by atoms with Crippen LogP contribution in [0.1, 0.15) is 2.85 Å². The molecule has 0 aliphatic rings. The molecule has 0 heterocycles. The van der Waals surface area contributed by atoms with E-state index in [-0.39, 0.29) is 57.1 Å². The fourth-order valence-corrected chi connectivity index (χ4v) is 0. The van der Waals surface area contributed by atoms with Crippen molar-refractivity contribution in [3.05, 3.63) is 0 Å². The van der Waals surface area contributed by atoms with Crippen molar-refractivity contribution in [2.24, 2.45) is 0 Å². The van der Waals surface area contributed by atoms with E-state index in [0.717, 1.165) is 0 Å². The van der Waals surface area contributed by atoms with E-state index < -0.39 is 0 Å². The Morgan fingerprint density at radius 3 is 1.20 bits per heavy atom. The molecule has 0 saturated carbocycles. The van der Waals surface area contributed by atoms with E-state index in [4.69, 9.17) is 3.90 Å². The Morgan fingerprint density at radius 2 is 1.20 bits per heavy atom. The molecule has 5 heteroatoms. The second-order valence-corrected chi connectivity index (χ2v) is 0. The molecule has 5 heavy (non-hydrogen) atoms. The van der Waals surface area contributed by atoms with Gasteiger partial charge in [0, 0.05) is 16.5 Å². The first-order valence-electron chi connectivity index (χ1n) is 0.129. The summed E-state index contributed by atoms with van der Waals surface area (Å²) in [6.45, 7) is 0. The van der Waals surface area contributed by atoms with Gasteiger partial charge in [-0.3, -0.25) is 0 Å². The van der Waals surface area contributed by atoms with Crippen molar-refractivity contribution in [2.75, 3.05) is 0 Å². The first-order chi connectivity index (χ1) is 1.00. The van der Waals surface area contributed by atoms with Gasteiger partial charge in [-0.15, -0.1) is 0 Å². The fourth-order valence-electron chi connectivity index (χ4n) is 0. The molecule has 0 bridgehead atoms. The third-order valence-electron chi connectivity index (χ3n) is 0. The van der Waals surface area contributed by atoms with Crippen molar-refractivity contribution in [2.45, 2.75) is 0 Å². The molecule has 0 unspecified atom stereocenters. The molecule has 0 aliphatic carbocycles. The van der Waals surface area contributed by atoms with Crippen LogP contribution in [0, 0.1) is 0 Å². The third kappa shape index (κ3) is 24.1. The van der Waals surface area contributed by atoms with Gasteiger partial charge >= 0.3 is 57.0 Å². The predicted octanol–water partition coefficient (Wildman–Crippen LogP) is -5.89. The summed E-state index contributed by atoms with van der Waals surface area (Å²) in [7, 11) is 0. The monoisotopic (exact) mass is 148 g/mol. The summed E-state index contributed by atoms with van der Waals surface area (Å²) in [5.41, 5.74) is 0. The van der Waals surface area contributed by atoms with Gasteiger partial charge in [0.2, 0.25) is 0 Å². The molecule has 0 aliphatic heterocycles. The van der Waals surface area contributed by atoms with Crippen LogP contribution in [0.15, 0.2) is 0 Å². The Kier molecular flexibility index (Phi) is 212. The first-order valence-corrected chi connectivity index (χ1v) is 0.532. The molecular formula is H2Li2Ni2O. The van der Waals surface area contributed by atoms with Crippen LogP contribution in [-0.2, 0) is 35.8 Å². The van der Waals surface area contributed by atoms with Gasteiger partial charge in [-0.1, -0.05) is 0 Å². The molecule has 0 spiro atoms. The zero-order valence-corrected chi connectivity index (χ0v) is 5.02. The van der Waals surface area contributed by atoms with E-state index in [2.05, 4.69) is 15.4 Å². The molecule has 0 radical (unpaired) electrons. The SMILES string of the molecule is [H-].[H-].[Li+].[Li+].[Ni].[O]=[Ni]. The summed E-state index contributed by atoms with van der Waals surface area (Å²) >= 11 is 2.62. The zero-order valence-electron chi connectivity index (χ0n) is 5.04. The van der Waals surface area contributed by atoms with Gasteiger partial charge in [0.1, 0.15) is 0 Å². The van der Waals surface area contributed by atoms with Crippen molar-refractivity contribution in [1.82, 2.24) is 0 Å². The summed E-state index contributed by atoms with van der Waals surface area (Å²) in [6, 6.07) is 0. The summed E-state index contributed by atoms with van der Waals surface area (Å²) in [5.74, 6) is 0. The molecule has 0 N–H and O–H groups in total. The van der Waals surface area contributed by atoms with Crippen LogP contribution >= 0.6 is 0 Å². The van der Waals surface area contributed by atoms with E-state index >= 15 is 0 Å². The Hall–Kier alpha value is 1.98. The molecule has 0 aromatic heterocycles. The molecular weight excluding hydrogens is 147 g/mol. The Balaban J connectivity index is -0.000000000500. The summed E-state index contributed by atoms with van der Waals surface area (Å²) in [4.78, 5) is 0. The number of hydrogen-bond acceptors (Lipinski definition) is 1. The van der Waals surface area contributed by atoms with Crippen molar-refractivity contribution in [3.8, 4) is 0 Å². The minimum absolute atomic E-state index is 0. The Bertz CT molecular complexity index is 13.7. The molecule has 0 amide bonds. The molecule has 30 valence electrons. The van der Waals surface area contributed by atoms with Crippen LogP contribution in [0.3, 0.4) is 0 Å². The van der Waals surface area contributed by atoms with Crippen LogP contribution < -0.4 is 37.7 Å². The van der Waals surface area contributed by atoms with E-state index in [1.165, 1.54) is 0 Å². The van der Waals surface area contributed by atoms with Gasteiger partial charge < -0.3 is 2.85 Å². The van der Waals surface area contributed by atoms with Crippen LogP contribution in [0.2, 0.25) is 0 Å². The van der Waals surface area contributed by atoms with Crippen LogP contribution in [0.25, 0.3) is 0 Å². The van der Waals surface area contributed by atoms with Crippen LogP contribution in [-0.4, -0.2) is 0 Å². The fraction of sp³-hybridized carbons (Fsp3) is 0. The van der Waals surface area contributed by atoms with Gasteiger partial charge in [0.15, 0.2) is 0 Å². The zero-order chi connectivity index (χ0) is 2.00.